The maximum atomic E-state index is 14.0. The number of anilines is 1. The Balaban J connectivity index is 1.68. The molecule has 10 heteroatoms. The lowest BCUT2D eigenvalue weighted by Crippen LogP contribution is -2.40. The van der Waals surface area contributed by atoms with E-state index in [0.29, 0.717) is 30.6 Å². The molecule has 3 heterocycles. The molecule has 212 valence electrons. The van der Waals surface area contributed by atoms with E-state index in [1.807, 2.05) is 81.4 Å². The van der Waals surface area contributed by atoms with Crippen LogP contribution in [-0.2, 0) is 9.53 Å². The van der Waals surface area contributed by atoms with Crippen LogP contribution in [0.5, 0.6) is 0 Å². The third-order valence-electron chi connectivity index (χ3n) is 7.16. The Morgan fingerprint density at radius 3 is 2.41 bits per heavy atom. The van der Waals surface area contributed by atoms with Crippen LogP contribution in [0.4, 0.5) is 5.69 Å². The molecular formula is C31H30Cl2N4O3S. The van der Waals surface area contributed by atoms with Gasteiger partial charge in [0.2, 0.25) is 0 Å². The number of carbonyl (C=O) groups is 1. The van der Waals surface area contributed by atoms with Gasteiger partial charge < -0.3 is 14.2 Å². The molecule has 0 spiro atoms. The van der Waals surface area contributed by atoms with Crippen LogP contribution in [0, 0.1) is 13.8 Å². The van der Waals surface area contributed by atoms with Crippen molar-refractivity contribution in [1.29, 1.82) is 0 Å². The Hall–Kier alpha value is -3.59. The van der Waals surface area contributed by atoms with E-state index in [-0.39, 0.29) is 12.2 Å². The molecule has 0 bridgehead atoms. The number of carbonyl (C=O) groups excluding carboxylic acids is 1. The number of allylic oxidation sites excluding steroid dienone is 1. The first-order valence-electron chi connectivity index (χ1n) is 13.1. The van der Waals surface area contributed by atoms with Crippen molar-refractivity contribution in [1.82, 2.24) is 9.13 Å². The van der Waals surface area contributed by atoms with Crippen LogP contribution in [0.25, 0.3) is 11.8 Å². The predicted molar refractivity (Wildman–Crippen MR) is 166 cm³/mol. The summed E-state index contributed by atoms with van der Waals surface area (Å²) >= 11 is 13.7. The molecule has 0 unspecified atom stereocenters. The topological polar surface area (TPSA) is 68.8 Å². The lowest BCUT2D eigenvalue weighted by molar-refractivity contribution is -0.139. The van der Waals surface area contributed by atoms with E-state index in [1.165, 1.54) is 11.3 Å². The minimum absolute atomic E-state index is 0.218. The molecule has 0 radical (unpaired) electrons. The van der Waals surface area contributed by atoms with Gasteiger partial charge in [-0.05, 0) is 81.3 Å². The number of thiazole rings is 1. The molecule has 0 saturated heterocycles. The zero-order valence-electron chi connectivity index (χ0n) is 23.7. The van der Waals surface area contributed by atoms with Gasteiger partial charge in [0.1, 0.15) is 0 Å². The summed E-state index contributed by atoms with van der Waals surface area (Å²) in [6.07, 6.45) is 1.88. The quantitative estimate of drug-likeness (QED) is 0.268. The molecule has 4 aromatic rings. The summed E-state index contributed by atoms with van der Waals surface area (Å²) in [6.45, 7) is 7.77. The molecule has 0 fully saturated rings. The fourth-order valence-corrected chi connectivity index (χ4v) is 6.49. The molecule has 2 aromatic heterocycles. The number of esters is 1. The first-order valence-corrected chi connectivity index (χ1v) is 14.7. The maximum Gasteiger partial charge on any atom is 0.338 e. The van der Waals surface area contributed by atoms with Crippen molar-refractivity contribution < 1.29 is 9.53 Å². The van der Waals surface area contributed by atoms with Crippen molar-refractivity contribution in [2.45, 2.75) is 33.7 Å². The molecule has 7 nitrogen and oxygen atoms in total. The number of rotatable bonds is 6. The molecule has 1 aliphatic heterocycles. The molecule has 2 aromatic carbocycles. The minimum Gasteiger partial charge on any atom is -0.463 e. The summed E-state index contributed by atoms with van der Waals surface area (Å²) in [5.41, 5.74) is 6.21. The zero-order valence-corrected chi connectivity index (χ0v) is 26.0. The summed E-state index contributed by atoms with van der Waals surface area (Å²) < 4.78 is 9.61. The van der Waals surface area contributed by atoms with Crippen LogP contribution in [-0.4, -0.2) is 35.8 Å². The maximum absolute atomic E-state index is 14.0. The lowest BCUT2D eigenvalue weighted by atomic mass is 9.95. The van der Waals surface area contributed by atoms with Gasteiger partial charge in [-0.3, -0.25) is 9.36 Å². The number of nitrogens with zero attached hydrogens (tertiary/aromatic N) is 4. The summed E-state index contributed by atoms with van der Waals surface area (Å²) in [6, 6.07) is 14.7. The number of halogens is 2. The number of benzene rings is 2. The number of fused-ring (bicyclic) bond motifs is 1. The Bertz CT molecular complexity index is 1880. The first kappa shape index (κ1) is 28.9. The SMILES string of the molecule is CCOC(=O)C1=C(C)N=c2s/c(=C/c3cc(C)n(-c4ccc(Cl)c(Cl)c4)c3C)c(=O)n2[C@H]1c1ccc(N(C)C)cc1. The average molecular weight is 610 g/mol. The standard InChI is InChI=1S/C31H30Cl2N4O3S/c1-7-40-30(39)27-18(3)34-31-37(28(27)20-8-10-22(11-9-20)35(5)6)29(38)26(41-31)15-21-14-17(2)36(19(21)4)23-12-13-24(32)25(33)16-23/h8-16,28H,7H2,1-6H3/b26-15+/t28-/m0/s1. The number of hydrogen-bond acceptors (Lipinski definition) is 6. The van der Waals surface area contributed by atoms with Crippen molar-refractivity contribution in [2.75, 3.05) is 25.6 Å². The second kappa shape index (κ2) is 11.4. The Labute approximate surface area is 252 Å². The normalized spacial score (nSPS) is 15.1. The molecule has 1 atom stereocenters. The van der Waals surface area contributed by atoms with Gasteiger partial charge in [-0.1, -0.05) is 46.7 Å². The van der Waals surface area contributed by atoms with Gasteiger partial charge in [0.15, 0.2) is 4.80 Å². The van der Waals surface area contributed by atoms with Crippen LogP contribution < -0.4 is 19.8 Å². The van der Waals surface area contributed by atoms with Gasteiger partial charge in [0.05, 0.1) is 38.5 Å². The van der Waals surface area contributed by atoms with Gasteiger partial charge in [0.25, 0.3) is 5.56 Å². The third-order valence-corrected chi connectivity index (χ3v) is 8.88. The van der Waals surface area contributed by atoms with Crippen LogP contribution in [0.3, 0.4) is 0 Å². The van der Waals surface area contributed by atoms with Crippen LogP contribution in [0.1, 0.15) is 42.4 Å². The van der Waals surface area contributed by atoms with Crippen molar-refractivity contribution in [2.24, 2.45) is 4.99 Å². The second-order valence-electron chi connectivity index (χ2n) is 10.0. The van der Waals surface area contributed by atoms with E-state index >= 15 is 0 Å². The van der Waals surface area contributed by atoms with Gasteiger partial charge in [-0.2, -0.15) is 0 Å². The highest BCUT2D eigenvalue weighted by atomic mass is 35.5. The van der Waals surface area contributed by atoms with Gasteiger partial charge in [-0.15, -0.1) is 0 Å². The third kappa shape index (κ3) is 5.27. The molecular weight excluding hydrogens is 579 g/mol. The summed E-state index contributed by atoms with van der Waals surface area (Å²) in [7, 11) is 3.93. The molecule has 0 N–H and O–H groups in total. The van der Waals surface area contributed by atoms with E-state index in [0.717, 1.165) is 33.9 Å². The number of aromatic nitrogens is 2. The molecule has 5 rings (SSSR count). The van der Waals surface area contributed by atoms with Crippen LogP contribution >= 0.6 is 34.5 Å². The smallest absolute Gasteiger partial charge is 0.338 e. The summed E-state index contributed by atoms with van der Waals surface area (Å²) in [5.74, 6) is -0.477. The van der Waals surface area contributed by atoms with Gasteiger partial charge in [-0.25, -0.2) is 9.79 Å². The Morgan fingerprint density at radius 2 is 1.78 bits per heavy atom. The largest absolute Gasteiger partial charge is 0.463 e. The number of ether oxygens (including phenoxy) is 1. The molecule has 41 heavy (non-hydrogen) atoms. The minimum atomic E-state index is -0.660. The van der Waals surface area contributed by atoms with Gasteiger partial charge in [0, 0.05) is 36.9 Å². The van der Waals surface area contributed by atoms with Crippen molar-refractivity contribution in [3.05, 3.63) is 112 Å². The fourth-order valence-electron chi connectivity index (χ4n) is 5.16. The Morgan fingerprint density at radius 1 is 1.07 bits per heavy atom. The first-order chi connectivity index (χ1) is 19.5. The monoisotopic (exact) mass is 608 g/mol. The average Bonchev–Trinajstić information content (AvgIpc) is 3.38. The highest BCUT2D eigenvalue weighted by molar-refractivity contribution is 7.07. The highest BCUT2D eigenvalue weighted by Gasteiger charge is 2.33. The van der Waals surface area contributed by atoms with Crippen LogP contribution in [0.15, 0.2) is 69.6 Å². The van der Waals surface area contributed by atoms with E-state index in [9.17, 15) is 9.59 Å². The van der Waals surface area contributed by atoms with Crippen molar-refractivity contribution in [3.63, 3.8) is 0 Å². The van der Waals surface area contributed by atoms with Crippen LogP contribution in [0.2, 0.25) is 10.0 Å². The molecule has 0 saturated carbocycles. The van der Waals surface area contributed by atoms with E-state index in [4.69, 9.17) is 27.9 Å². The predicted octanol–water partition coefficient (Wildman–Crippen LogP) is 5.58. The van der Waals surface area contributed by atoms with Gasteiger partial charge >= 0.3 is 5.97 Å². The molecule has 1 aliphatic rings. The Kier molecular flexibility index (Phi) is 8.01. The zero-order chi connectivity index (χ0) is 29.6. The fraction of sp³-hybridized carbons (Fsp3) is 0.258. The molecule has 0 amide bonds. The lowest BCUT2D eigenvalue weighted by Gasteiger charge is -2.25. The van der Waals surface area contributed by atoms with E-state index in [1.54, 1.807) is 24.5 Å². The second-order valence-corrected chi connectivity index (χ2v) is 11.9. The molecule has 0 aliphatic carbocycles. The van der Waals surface area contributed by atoms with E-state index in [2.05, 4.69) is 9.56 Å². The summed E-state index contributed by atoms with van der Waals surface area (Å²) in [4.78, 5) is 34.4. The summed E-state index contributed by atoms with van der Waals surface area (Å²) in [5, 5.41) is 0.959. The van der Waals surface area contributed by atoms with E-state index < -0.39 is 12.0 Å². The van der Waals surface area contributed by atoms with Crippen molar-refractivity contribution >= 4 is 52.3 Å². The van der Waals surface area contributed by atoms with Crippen molar-refractivity contribution in [3.8, 4) is 5.69 Å². The highest BCUT2D eigenvalue weighted by Crippen LogP contribution is 2.32. The number of aryl methyl sites for hydroxylation is 1. The number of hydrogen-bond donors (Lipinski definition) is 0.